The van der Waals surface area contributed by atoms with E-state index in [0.29, 0.717) is 4.47 Å². The number of nitrogens with zero attached hydrogens (tertiary/aromatic N) is 1. The number of nitrogens with one attached hydrogen (secondary N) is 2. The fraction of sp³-hybridized carbons (Fsp3) is 0.0909. The third kappa shape index (κ3) is 3.05. The average Bonchev–Trinajstić information content (AvgIpc) is 2.76. The first-order valence-electron chi connectivity index (χ1n) is 5.48. The van der Waals surface area contributed by atoms with Crippen LogP contribution < -0.4 is 4.72 Å². The Morgan fingerprint density at radius 2 is 2.14 bits per heavy atom. The van der Waals surface area contributed by atoms with Gasteiger partial charge in [0.05, 0.1) is 11.4 Å². The highest BCUT2D eigenvalue weighted by molar-refractivity contribution is 9.10. The number of carboxylic acid groups (broad SMARTS) is 1. The molecule has 21 heavy (non-hydrogen) atoms. The molecule has 0 spiro atoms. The van der Waals surface area contributed by atoms with E-state index in [1.54, 1.807) is 0 Å². The van der Waals surface area contributed by atoms with Gasteiger partial charge in [0.15, 0.2) is 5.69 Å². The zero-order valence-corrected chi connectivity index (χ0v) is 12.9. The van der Waals surface area contributed by atoms with Gasteiger partial charge in [-0.3, -0.25) is 9.82 Å². The maximum Gasteiger partial charge on any atom is 0.357 e. The molecule has 0 radical (unpaired) electrons. The molecule has 2 rings (SSSR count). The van der Waals surface area contributed by atoms with Gasteiger partial charge < -0.3 is 5.11 Å². The Bertz CT molecular complexity index is 819. The molecular formula is C11H9BrFN3O4S. The fourth-order valence-corrected chi connectivity index (χ4v) is 3.39. The summed E-state index contributed by atoms with van der Waals surface area (Å²) in [5.74, 6) is -2.30. The minimum atomic E-state index is -4.29. The number of halogens is 2. The molecule has 0 aliphatic carbocycles. The third-order valence-corrected chi connectivity index (χ3v) is 4.56. The minimum Gasteiger partial charge on any atom is -0.476 e. The van der Waals surface area contributed by atoms with E-state index in [2.05, 4.69) is 26.1 Å². The number of rotatable bonds is 4. The van der Waals surface area contributed by atoms with Crippen LogP contribution in [-0.2, 0) is 10.0 Å². The molecule has 0 saturated heterocycles. The van der Waals surface area contributed by atoms with Crippen LogP contribution in [0.1, 0.15) is 16.2 Å². The molecule has 0 amide bonds. The molecule has 0 saturated carbocycles. The number of aromatic nitrogens is 2. The van der Waals surface area contributed by atoms with E-state index < -0.39 is 32.4 Å². The summed E-state index contributed by atoms with van der Waals surface area (Å²) in [7, 11) is -4.29. The first kappa shape index (κ1) is 15.4. The van der Waals surface area contributed by atoms with Crippen molar-refractivity contribution in [3.63, 3.8) is 0 Å². The van der Waals surface area contributed by atoms with Crippen molar-refractivity contribution in [1.29, 1.82) is 0 Å². The van der Waals surface area contributed by atoms with E-state index in [9.17, 15) is 17.6 Å². The van der Waals surface area contributed by atoms with Crippen molar-refractivity contribution in [2.45, 2.75) is 11.8 Å². The third-order valence-electron chi connectivity index (χ3n) is 2.54. The molecule has 0 atom stereocenters. The van der Waals surface area contributed by atoms with E-state index in [1.807, 2.05) is 4.72 Å². The second-order valence-electron chi connectivity index (χ2n) is 4.06. The molecule has 0 unspecified atom stereocenters. The summed E-state index contributed by atoms with van der Waals surface area (Å²) in [6.07, 6.45) is 0. The number of H-pyrrole nitrogens is 1. The Balaban J connectivity index is 2.48. The number of benzene rings is 1. The summed E-state index contributed by atoms with van der Waals surface area (Å²) in [6, 6.07) is 3.74. The Morgan fingerprint density at radius 3 is 2.71 bits per heavy atom. The van der Waals surface area contributed by atoms with Crippen LogP contribution in [0, 0.1) is 12.7 Å². The Hall–Kier alpha value is -1.94. The smallest absolute Gasteiger partial charge is 0.357 e. The molecule has 3 N–H and O–H groups in total. The Morgan fingerprint density at radius 1 is 1.48 bits per heavy atom. The number of aromatic carboxylic acids is 1. The Kier molecular flexibility index (Phi) is 4.01. The van der Waals surface area contributed by atoms with Crippen molar-refractivity contribution in [2.75, 3.05) is 4.72 Å². The summed E-state index contributed by atoms with van der Waals surface area (Å²) < 4.78 is 40.6. The topological polar surface area (TPSA) is 112 Å². The molecule has 0 aliphatic rings. The molecule has 1 aromatic heterocycles. The molecule has 0 fully saturated rings. The molecule has 10 heteroatoms. The number of carbonyl (C=O) groups is 1. The SMILES string of the molecule is Cc1[nH]nc(C(=O)O)c1S(=O)(=O)Nc1ccc(Br)cc1F. The molecular weight excluding hydrogens is 369 g/mol. The molecule has 2 aromatic rings. The van der Waals surface area contributed by atoms with Gasteiger partial charge in [0, 0.05) is 4.47 Å². The highest BCUT2D eigenvalue weighted by atomic mass is 79.9. The lowest BCUT2D eigenvalue weighted by molar-refractivity contribution is 0.0686. The minimum absolute atomic E-state index is 0.0393. The van der Waals surface area contributed by atoms with Gasteiger partial charge in [0.25, 0.3) is 10.0 Å². The predicted molar refractivity (Wildman–Crippen MR) is 75.2 cm³/mol. The largest absolute Gasteiger partial charge is 0.476 e. The van der Waals surface area contributed by atoms with Gasteiger partial charge >= 0.3 is 5.97 Å². The number of anilines is 1. The molecule has 112 valence electrons. The van der Waals surface area contributed by atoms with Gasteiger partial charge in [0.1, 0.15) is 10.7 Å². The van der Waals surface area contributed by atoms with Crippen molar-refractivity contribution >= 4 is 37.6 Å². The summed E-state index contributed by atoms with van der Waals surface area (Å²) in [5, 5.41) is 14.6. The monoisotopic (exact) mass is 377 g/mol. The lowest BCUT2D eigenvalue weighted by atomic mass is 10.3. The van der Waals surface area contributed by atoms with E-state index in [-0.39, 0.29) is 11.4 Å². The average molecular weight is 378 g/mol. The van der Waals surface area contributed by atoms with Crippen molar-refractivity contribution in [1.82, 2.24) is 10.2 Å². The highest BCUT2D eigenvalue weighted by Gasteiger charge is 2.28. The second-order valence-corrected chi connectivity index (χ2v) is 6.60. The van der Waals surface area contributed by atoms with Crippen LogP contribution in [0.25, 0.3) is 0 Å². The number of aryl methyl sites for hydroxylation is 1. The second kappa shape index (κ2) is 5.45. The number of hydrogen-bond acceptors (Lipinski definition) is 4. The highest BCUT2D eigenvalue weighted by Crippen LogP contribution is 2.25. The van der Waals surface area contributed by atoms with Gasteiger partial charge in [-0.05, 0) is 25.1 Å². The van der Waals surface area contributed by atoms with Gasteiger partial charge in [-0.1, -0.05) is 15.9 Å². The quantitative estimate of drug-likeness (QED) is 0.755. The lowest BCUT2D eigenvalue weighted by Crippen LogP contribution is -2.17. The molecule has 1 aromatic carbocycles. The van der Waals surface area contributed by atoms with Crippen LogP contribution in [-0.4, -0.2) is 29.7 Å². The van der Waals surface area contributed by atoms with Crippen molar-refractivity contribution < 1.29 is 22.7 Å². The predicted octanol–water partition coefficient (Wildman–Crippen LogP) is 2.12. The van der Waals surface area contributed by atoms with Crippen LogP contribution in [0.4, 0.5) is 10.1 Å². The first-order valence-corrected chi connectivity index (χ1v) is 7.76. The van der Waals surface area contributed by atoms with E-state index in [1.165, 1.54) is 19.1 Å². The summed E-state index contributed by atoms with van der Waals surface area (Å²) in [4.78, 5) is 10.5. The maximum absolute atomic E-state index is 13.7. The van der Waals surface area contributed by atoms with Crippen LogP contribution in [0.3, 0.4) is 0 Å². The van der Waals surface area contributed by atoms with Crippen LogP contribution in [0.2, 0.25) is 0 Å². The van der Waals surface area contributed by atoms with E-state index in [4.69, 9.17) is 5.11 Å². The number of aromatic amines is 1. The molecule has 7 nitrogen and oxygen atoms in total. The number of sulfonamides is 1. The van der Waals surface area contributed by atoms with Crippen LogP contribution >= 0.6 is 15.9 Å². The van der Waals surface area contributed by atoms with Gasteiger partial charge in [0.2, 0.25) is 0 Å². The zero-order valence-electron chi connectivity index (χ0n) is 10.5. The summed E-state index contributed by atoms with van der Waals surface area (Å²) >= 11 is 3.05. The normalized spacial score (nSPS) is 11.4. The van der Waals surface area contributed by atoms with E-state index in [0.717, 1.165) is 6.07 Å². The molecule has 1 heterocycles. The van der Waals surface area contributed by atoms with Gasteiger partial charge in [-0.25, -0.2) is 17.6 Å². The summed E-state index contributed by atoms with van der Waals surface area (Å²) in [6.45, 7) is 1.35. The van der Waals surface area contributed by atoms with Crippen molar-refractivity contribution in [3.05, 3.63) is 39.9 Å². The van der Waals surface area contributed by atoms with Gasteiger partial charge in [-0.15, -0.1) is 0 Å². The maximum atomic E-state index is 13.7. The molecule has 0 bridgehead atoms. The fourth-order valence-electron chi connectivity index (χ4n) is 1.66. The van der Waals surface area contributed by atoms with Crippen LogP contribution in [0.5, 0.6) is 0 Å². The Labute approximate surface area is 127 Å². The van der Waals surface area contributed by atoms with Crippen molar-refractivity contribution in [3.8, 4) is 0 Å². The number of carboxylic acids is 1. The zero-order chi connectivity index (χ0) is 15.8. The lowest BCUT2D eigenvalue weighted by Gasteiger charge is -2.09. The van der Waals surface area contributed by atoms with Gasteiger partial charge in [-0.2, -0.15) is 5.10 Å². The van der Waals surface area contributed by atoms with Crippen LogP contribution in [0.15, 0.2) is 27.6 Å². The number of hydrogen-bond donors (Lipinski definition) is 3. The standard InChI is InChI=1S/C11H9BrFN3O4S/c1-5-10(9(11(17)18)15-14-5)21(19,20)16-8-3-2-6(12)4-7(8)13/h2-4,16H,1H3,(H,14,15)(H,17,18). The summed E-state index contributed by atoms with van der Waals surface area (Å²) in [5.41, 5.74) is -0.912. The first-order chi connectivity index (χ1) is 9.72. The molecule has 0 aliphatic heterocycles. The van der Waals surface area contributed by atoms with E-state index >= 15 is 0 Å². The van der Waals surface area contributed by atoms with Crippen molar-refractivity contribution in [2.24, 2.45) is 0 Å².